The minimum atomic E-state index is 0.736. The van der Waals surface area contributed by atoms with Crippen molar-refractivity contribution in [1.82, 2.24) is 9.97 Å². The fourth-order valence-electron chi connectivity index (χ4n) is 8.48. The minimum Gasteiger partial charge on any atom is -0.455 e. The molecule has 6 aromatic carbocycles. The van der Waals surface area contributed by atoms with Gasteiger partial charge < -0.3 is 4.74 Å². The number of aromatic nitrogens is 2. The van der Waals surface area contributed by atoms with Gasteiger partial charge in [-0.1, -0.05) is 133 Å². The second kappa shape index (κ2) is 12.6. The third-order valence-corrected chi connectivity index (χ3v) is 12.2. The lowest BCUT2D eigenvalue weighted by Crippen LogP contribution is -2.02. The van der Waals surface area contributed by atoms with Gasteiger partial charge in [0, 0.05) is 38.1 Å². The largest absolute Gasteiger partial charge is 0.455 e. The number of allylic oxidation sites excluding steroid dienone is 5. The van der Waals surface area contributed by atoms with Crippen molar-refractivity contribution in [1.29, 1.82) is 0 Å². The Morgan fingerprint density at radius 1 is 0.574 bits per heavy atom. The molecule has 3 heterocycles. The van der Waals surface area contributed by atoms with Crippen LogP contribution in [0, 0.1) is 0 Å². The van der Waals surface area contributed by atoms with Crippen molar-refractivity contribution in [2.24, 2.45) is 0 Å². The minimum absolute atomic E-state index is 0.736. The van der Waals surface area contributed by atoms with Gasteiger partial charge in [0.2, 0.25) is 0 Å². The highest BCUT2D eigenvalue weighted by molar-refractivity contribution is 7.20. The predicted molar refractivity (Wildman–Crippen MR) is 226 cm³/mol. The number of thiophene rings is 1. The molecule has 11 rings (SSSR count). The summed E-state index contributed by atoms with van der Waals surface area (Å²) in [7, 11) is 0. The number of hydrogen-bond acceptors (Lipinski definition) is 4. The Morgan fingerprint density at radius 3 is 2.11 bits per heavy atom. The van der Waals surface area contributed by atoms with Crippen LogP contribution in [0.2, 0.25) is 0 Å². The van der Waals surface area contributed by atoms with Gasteiger partial charge in [-0.25, -0.2) is 9.97 Å². The first kappa shape index (κ1) is 31.2. The third kappa shape index (κ3) is 5.02. The molecule has 2 aromatic heterocycles. The molecule has 0 saturated carbocycles. The maximum Gasteiger partial charge on any atom is 0.161 e. The van der Waals surface area contributed by atoms with Crippen molar-refractivity contribution in [3.8, 4) is 67.5 Å². The van der Waals surface area contributed by atoms with E-state index in [9.17, 15) is 0 Å². The highest BCUT2D eigenvalue weighted by atomic mass is 32.1. The normalized spacial score (nSPS) is 14.1. The smallest absolute Gasteiger partial charge is 0.161 e. The van der Waals surface area contributed by atoms with Crippen molar-refractivity contribution >= 4 is 44.0 Å². The van der Waals surface area contributed by atoms with Crippen LogP contribution in [0.4, 0.5) is 0 Å². The summed E-state index contributed by atoms with van der Waals surface area (Å²) in [5.74, 6) is 2.49. The van der Waals surface area contributed by atoms with Crippen molar-refractivity contribution in [3.63, 3.8) is 0 Å². The fourth-order valence-corrected chi connectivity index (χ4v) is 9.72. The molecule has 3 nitrogen and oxygen atoms in total. The zero-order chi connectivity index (χ0) is 35.6. The third-order valence-electron chi connectivity index (χ3n) is 11.0. The predicted octanol–water partition coefficient (Wildman–Crippen LogP) is 14.0. The lowest BCUT2D eigenvalue weighted by molar-refractivity contribution is 0.489. The zero-order valence-corrected chi connectivity index (χ0v) is 30.4. The second-order valence-electron chi connectivity index (χ2n) is 14.2. The van der Waals surface area contributed by atoms with Crippen LogP contribution in [0.3, 0.4) is 0 Å². The van der Waals surface area contributed by atoms with Gasteiger partial charge in [0.15, 0.2) is 5.82 Å². The summed E-state index contributed by atoms with van der Waals surface area (Å²) in [6.45, 7) is 0. The highest BCUT2D eigenvalue weighted by Gasteiger charge is 2.28. The molecule has 0 atom stereocenters. The Hall–Kier alpha value is -6.36. The van der Waals surface area contributed by atoms with Crippen LogP contribution < -0.4 is 4.74 Å². The molecule has 256 valence electrons. The molecule has 0 N–H and O–H groups in total. The number of aryl methyl sites for hydroxylation is 1. The lowest BCUT2D eigenvalue weighted by Gasteiger charge is -2.25. The van der Waals surface area contributed by atoms with Crippen LogP contribution in [0.5, 0.6) is 11.5 Å². The van der Waals surface area contributed by atoms with E-state index in [1.165, 1.54) is 27.0 Å². The summed E-state index contributed by atoms with van der Waals surface area (Å²) in [6.07, 6.45) is 15.5. The first-order valence-electron chi connectivity index (χ1n) is 18.8. The molecule has 54 heavy (non-hydrogen) atoms. The number of nitrogens with zero attached hydrogens (tertiary/aromatic N) is 2. The summed E-state index contributed by atoms with van der Waals surface area (Å²) >= 11 is 1.81. The van der Waals surface area contributed by atoms with Gasteiger partial charge in [-0.3, -0.25) is 0 Å². The maximum atomic E-state index is 6.98. The standard InChI is InChI=1S/C50H34N2OS/c1-4-15-31(16-5-1)35-29-40(38-26-14-25-37-36-24-12-21-33-22-13-27-42(45(33)36)53-48(37)38)44(32-17-6-2-7-18-32)41(30-35)50-51-46(34-19-8-3-9-20-34)49-47(52-50)39-23-10-11-28-43(39)54-49/h2-4,6-9,11-22,24-30H,1,5,10,23H2. The van der Waals surface area contributed by atoms with Gasteiger partial charge in [0.25, 0.3) is 0 Å². The number of fused-ring (bicyclic) bond motifs is 5. The van der Waals surface area contributed by atoms with Gasteiger partial charge in [-0.05, 0) is 88.7 Å². The van der Waals surface area contributed by atoms with Crippen LogP contribution in [0.15, 0.2) is 152 Å². The van der Waals surface area contributed by atoms with E-state index in [1.54, 1.807) is 0 Å². The average Bonchev–Trinajstić information content (AvgIpc) is 3.62. The Kier molecular flexibility index (Phi) is 7.31. The summed E-state index contributed by atoms with van der Waals surface area (Å²) in [4.78, 5) is 12.4. The van der Waals surface area contributed by atoms with Crippen molar-refractivity contribution in [3.05, 3.63) is 168 Å². The number of ether oxygens (including phenoxy) is 1. The van der Waals surface area contributed by atoms with E-state index in [0.29, 0.717) is 0 Å². The topological polar surface area (TPSA) is 35.0 Å². The molecule has 0 unspecified atom stereocenters. The fraction of sp³-hybridized carbons (Fsp3) is 0.0800. The zero-order valence-electron chi connectivity index (χ0n) is 29.6. The molecule has 0 radical (unpaired) electrons. The Morgan fingerprint density at radius 2 is 1.30 bits per heavy atom. The quantitative estimate of drug-likeness (QED) is 0.178. The summed E-state index contributed by atoms with van der Waals surface area (Å²) in [5.41, 5.74) is 14.5. The van der Waals surface area contributed by atoms with Gasteiger partial charge >= 0.3 is 0 Å². The van der Waals surface area contributed by atoms with E-state index < -0.39 is 0 Å². The molecule has 3 aliphatic rings. The van der Waals surface area contributed by atoms with E-state index >= 15 is 0 Å². The summed E-state index contributed by atoms with van der Waals surface area (Å²) in [5, 5.41) is 2.34. The molecule has 0 bridgehead atoms. The van der Waals surface area contributed by atoms with Crippen molar-refractivity contribution in [2.75, 3.05) is 0 Å². The van der Waals surface area contributed by atoms with E-state index in [4.69, 9.17) is 14.7 Å². The van der Waals surface area contributed by atoms with Crippen molar-refractivity contribution < 1.29 is 4.74 Å². The SMILES string of the molecule is C1=CC(c2cc(-c3nc(-c4ccccc4)c4sc5c(c4n3)CCC=C5)c(-c3ccccc3)c(-c3cccc4c3Oc3cccc5cccc-4c35)c2)=CCC1. The van der Waals surface area contributed by atoms with Crippen molar-refractivity contribution in [2.45, 2.75) is 25.7 Å². The number of para-hydroxylation sites is 1. The first-order chi connectivity index (χ1) is 26.8. The van der Waals surface area contributed by atoms with E-state index in [-0.39, 0.29) is 0 Å². The Labute approximate surface area is 318 Å². The molecule has 0 saturated heterocycles. The summed E-state index contributed by atoms with van der Waals surface area (Å²) in [6, 6.07) is 45.5. The monoisotopic (exact) mass is 710 g/mol. The molecule has 0 fully saturated rings. The van der Waals surface area contributed by atoms with Gasteiger partial charge in [-0.2, -0.15) is 0 Å². The van der Waals surface area contributed by atoms with Crippen LogP contribution in [0.25, 0.3) is 88.7 Å². The van der Waals surface area contributed by atoms with Crippen LogP contribution in [0.1, 0.15) is 35.3 Å². The molecule has 1 aliphatic heterocycles. The number of rotatable bonds is 5. The Balaban J connectivity index is 1.25. The van der Waals surface area contributed by atoms with Gasteiger partial charge in [0.05, 0.1) is 15.9 Å². The van der Waals surface area contributed by atoms with Gasteiger partial charge in [-0.15, -0.1) is 11.3 Å². The van der Waals surface area contributed by atoms with Gasteiger partial charge in [0.1, 0.15) is 11.5 Å². The Bertz CT molecular complexity index is 2890. The molecule has 0 spiro atoms. The molecular formula is C50H34N2OS. The van der Waals surface area contributed by atoms with E-state index in [1.807, 2.05) is 11.3 Å². The summed E-state index contributed by atoms with van der Waals surface area (Å²) < 4.78 is 8.13. The lowest BCUT2D eigenvalue weighted by atomic mass is 9.84. The van der Waals surface area contributed by atoms with Crippen LogP contribution >= 0.6 is 11.3 Å². The van der Waals surface area contributed by atoms with Crippen LogP contribution in [-0.4, -0.2) is 9.97 Å². The molecule has 4 heteroatoms. The second-order valence-corrected chi connectivity index (χ2v) is 15.3. The first-order valence-corrected chi connectivity index (χ1v) is 19.6. The van der Waals surface area contributed by atoms with E-state index in [2.05, 4.69) is 158 Å². The molecular weight excluding hydrogens is 677 g/mol. The van der Waals surface area contributed by atoms with E-state index in [0.717, 1.165) is 109 Å². The maximum absolute atomic E-state index is 6.98. The average molecular weight is 711 g/mol. The highest BCUT2D eigenvalue weighted by Crippen LogP contribution is 2.53. The number of benzene rings is 6. The molecule has 2 aliphatic carbocycles. The molecule has 0 amide bonds. The molecule has 8 aromatic rings. The van der Waals surface area contributed by atoms with Crippen LogP contribution in [-0.2, 0) is 6.42 Å². The number of hydrogen-bond donors (Lipinski definition) is 0.